The molecule has 2 heterocycles. The van der Waals surface area contributed by atoms with Crippen LogP contribution in [-0.2, 0) is 4.79 Å². The number of nitrogens with two attached hydrogens (primary N) is 1. The van der Waals surface area contributed by atoms with Crippen LogP contribution < -0.4 is 21.1 Å². The Morgan fingerprint density at radius 3 is 2.58 bits per heavy atom. The van der Waals surface area contributed by atoms with E-state index in [1.54, 1.807) is 0 Å². The average molecular weight is 412 g/mol. The number of benzene rings is 3. The van der Waals surface area contributed by atoms with E-state index in [0.29, 0.717) is 17.7 Å². The highest BCUT2D eigenvalue weighted by Crippen LogP contribution is 2.32. The van der Waals surface area contributed by atoms with E-state index >= 15 is 0 Å². The Morgan fingerprint density at radius 1 is 1.03 bits per heavy atom. The first-order valence-corrected chi connectivity index (χ1v) is 9.82. The molecule has 31 heavy (non-hydrogen) atoms. The summed E-state index contributed by atoms with van der Waals surface area (Å²) in [4.78, 5) is 21.3. The first kappa shape index (κ1) is 18.7. The van der Waals surface area contributed by atoms with Crippen molar-refractivity contribution in [1.29, 1.82) is 0 Å². The van der Waals surface area contributed by atoms with Gasteiger partial charge in [-0.1, -0.05) is 42.5 Å². The summed E-state index contributed by atoms with van der Waals surface area (Å²) in [7, 11) is 0. The third-order valence-corrected chi connectivity index (χ3v) is 4.95. The lowest BCUT2D eigenvalue weighted by Gasteiger charge is -2.24. The third kappa shape index (κ3) is 3.78. The molecule has 1 unspecified atom stereocenters. The number of nitrogens with zero attached hydrogens (tertiary/aromatic N) is 3. The van der Waals surface area contributed by atoms with Crippen LogP contribution in [0, 0.1) is 0 Å². The van der Waals surface area contributed by atoms with Crippen molar-refractivity contribution in [2.75, 3.05) is 17.2 Å². The second kappa shape index (κ2) is 7.83. The number of carbonyl (C=O) groups is 1. The summed E-state index contributed by atoms with van der Waals surface area (Å²) in [5.74, 6) is 1.33. The lowest BCUT2D eigenvalue weighted by atomic mass is 10.1. The van der Waals surface area contributed by atoms with Gasteiger partial charge in [0.05, 0.1) is 11.0 Å². The van der Waals surface area contributed by atoms with E-state index in [0.717, 1.165) is 22.3 Å². The average Bonchev–Trinajstić information content (AvgIpc) is 3.16. The van der Waals surface area contributed by atoms with Crippen LogP contribution in [0.4, 0.5) is 11.6 Å². The number of guanidine groups is 1. The first-order chi connectivity index (χ1) is 15.2. The first-order valence-electron chi connectivity index (χ1n) is 9.82. The summed E-state index contributed by atoms with van der Waals surface area (Å²) in [5.41, 5.74) is 9.48. The van der Waals surface area contributed by atoms with Crippen LogP contribution in [-0.4, -0.2) is 28.0 Å². The highest BCUT2D eigenvalue weighted by atomic mass is 16.5. The second-order valence-electron chi connectivity index (χ2n) is 7.08. The van der Waals surface area contributed by atoms with Crippen molar-refractivity contribution in [3.63, 3.8) is 0 Å². The SMILES string of the molecule is NC1=NC(c2ccc(OCC(=O)Nc3ccccc3)cc2)n2c(nc3ccccc32)N1. The van der Waals surface area contributed by atoms with Crippen LogP contribution in [0.3, 0.4) is 0 Å². The molecule has 1 amide bonds. The predicted octanol–water partition coefficient (Wildman–Crippen LogP) is 3.34. The molecule has 0 saturated heterocycles. The number of aliphatic imine (C=N–C) groups is 1. The molecule has 3 aromatic carbocycles. The smallest absolute Gasteiger partial charge is 0.262 e. The Hall–Kier alpha value is -4.33. The van der Waals surface area contributed by atoms with Crippen molar-refractivity contribution in [1.82, 2.24) is 9.55 Å². The number of anilines is 2. The van der Waals surface area contributed by atoms with Gasteiger partial charge in [0, 0.05) is 5.69 Å². The van der Waals surface area contributed by atoms with Crippen LogP contribution in [0.15, 0.2) is 83.9 Å². The molecule has 154 valence electrons. The normalized spacial score (nSPS) is 15.0. The van der Waals surface area contributed by atoms with Crippen molar-refractivity contribution in [3.05, 3.63) is 84.4 Å². The zero-order valence-corrected chi connectivity index (χ0v) is 16.5. The molecule has 1 atom stereocenters. The van der Waals surface area contributed by atoms with Crippen molar-refractivity contribution >= 4 is 34.5 Å². The standard InChI is InChI=1S/C23H20N6O2/c24-22-27-21(29-19-9-5-4-8-18(19)26-23(29)28-22)15-10-12-17(13-11-15)31-14-20(30)25-16-6-2-1-3-7-16/h1-13,21H,14H2,(H,25,30)(H3,24,26,27,28). The molecular formula is C23H20N6O2. The van der Waals surface area contributed by atoms with Gasteiger partial charge in [-0.15, -0.1) is 0 Å². The summed E-state index contributed by atoms with van der Waals surface area (Å²) >= 11 is 0. The zero-order valence-electron chi connectivity index (χ0n) is 16.5. The number of hydrogen-bond donors (Lipinski definition) is 3. The van der Waals surface area contributed by atoms with E-state index in [2.05, 4.69) is 20.6 Å². The van der Waals surface area contributed by atoms with Crippen molar-refractivity contribution in [3.8, 4) is 5.75 Å². The fourth-order valence-electron chi connectivity index (χ4n) is 3.54. The maximum atomic E-state index is 12.1. The minimum Gasteiger partial charge on any atom is -0.484 e. The summed E-state index contributed by atoms with van der Waals surface area (Å²) in [6.45, 7) is -0.0804. The minimum atomic E-state index is -0.348. The van der Waals surface area contributed by atoms with Crippen molar-refractivity contribution in [2.24, 2.45) is 10.7 Å². The lowest BCUT2D eigenvalue weighted by Crippen LogP contribution is -2.31. The topological polar surface area (TPSA) is 107 Å². The van der Waals surface area contributed by atoms with Gasteiger partial charge in [0.25, 0.3) is 5.91 Å². The van der Waals surface area contributed by atoms with Gasteiger partial charge in [-0.2, -0.15) is 0 Å². The van der Waals surface area contributed by atoms with Crippen molar-refractivity contribution < 1.29 is 9.53 Å². The summed E-state index contributed by atoms with van der Waals surface area (Å²) in [5, 5.41) is 5.82. The molecule has 8 heteroatoms. The zero-order chi connectivity index (χ0) is 21.2. The number of ether oxygens (including phenoxy) is 1. The third-order valence-electron chi connectivity index (χ3n) is 4.95. The van der Waals surface area contributed by atoms with Crippen LogP contribution in [0.2, 0.25) is 0 Å². The highest BCUT2D eigenvalue weighted by molar-refractivity contribution is 5.94. The fourth-order valence-corrected chi connectivity index (χ4v) is 3.54. The van der Waals surface area contributed by atoms with Gasteiger partial charge in [-0.05, 0) is 42.0 Å². The summed E-state index contributed by atoms with van der Waals surface area (Å²) in [6.07, 6.45) is -0.348. The maximum Gasteiger partial charge on any atom is 0.262 e. The number of rotatable bonds is 5. The van der Waals surface area contributed by atoms with Gasteiger partial charge in [0.2, 0.25) is 5.95 Å². The van der Waals surface area contributed by atoms with Gasteiger partial charge in [0.1, 0.15) is 5.75 Å². The molecule has 0 fully saturated rings. The Bertz CT molecular complexity index is 1260. The lowest BCUT2D eigenvalue weighted by molar-refractivity contribution is -0.118. The second-order valence-corrected chi connectivity index (χ2v) is 7.08. The van der Waals surface area contributed by atoms with Gasteiger partial charge in [-0.3, -0.25) is 14.7 Å². The highest BCUT2D eigenvalue weighted by Gasteiger charge is 2.24. The van der Waals surface area contributed by atoms with Crippen LogP contribution in [0.5, 0.6) is 5.75 Å². The molecule has 0 aliphatic carbocycles. The number of carbonyl (C=O) groups excluding carboxylic acids is 1. The monoisotopic (exact) mass is 412 g/mol. The molecule has 8 nitrogen and oxygen atoms in total. The molecular weight excluding hydrogens is 392 g/mol. The van der Waals surface area contributed by atoms with Crippen LogP contribution >= 0.6 is 0 Å². The molecule has 0 radical (unpaired) electrons. The summed E-state index contributed by atoms with van der Waals surface area (Å²) in [6, 6.07) is 24.6. The quantitative estimate of drug-likeness (QED) is 0.466. The van der Waals surface area contributed by atoms with Crippen LogP contribution in [0.1, 0.15) is 11.7 Å². The van der Waals surface area contributed by atoms with Gasteiger partial charge < -0.3 is 15.8 Å². The molecule has 0 saturated carbocycles. The van der Waals surface area contributed by atoms with E-state index in [4.69, 9.17) is 10.5 Å². The summed E-state index contributed by atoms with van der Waals surface area (Å²) < 4.78 is 7.63. The Kier molecular flexibility index (Phi) is 4.72. The number of nitrogens with one attached hydrogen (secondary N) is 2. The Labute approximate surface area is 178 Å². The van der Waals surface area contributed by atoms with Crippen molar-refractivity contribution in [2.45, 2.75) is 6.17 Å². The molecule has 1 aromatic heterocycles. The van der Waals surface area contributed by atoms with E-state index < -0.39 is 0 Å². The number of imidazole rings is 1. The Balaban J connectivity index is 1.32. The molecule has 4 N–H and O–H groups in total. The van der Waals surface area contributed by atoms with Gasteiger partial charge in [-0.25, -0.2) is 9.98 Å². The Morgan fingerprint density at radius 2 is 1.77 bits per heavy atom. The fraction of sp³-hybridized carbons (Fsp3) is 0.0870. The van der Waals surface area contributed by atoms with Crippen LogP contribution in [0.25, 0.3) is 11.0 Å². The molecule has 0 spiro atoms. The maximum absolute atomic E-state index is 12.1. The predicted molar refractivity (Wildman–Crippen MR) is 120 cm³/mol. The largest absolute Gasteiger partial charge is 0.484 e. The van der Waals surface area contributed by atoms with Gasteiger partial charge >= 0.3 is 0 Å². The van der Waals surface area contributed by atoms with E-state index in [1.807, 2.05) is 83.4 Å². The number of para-hydroxylation sites is 3. The number of hydrogen-bond acceptors (Lipinski definition) is 6. The number of fused-ring (bicyclic) bond motifs is 3. The molecule has 0 bridgehead atoms. The van der Waals surface area contributed by atoms with E-state index in [9.17, 15) is 4.79 Å². The van der Waals surface area contributed by atoms with E-state index in [1.165, 1.54) is 0 Å². The number of aromatic nitrogens is 2. The molecule has 4 aromatic rings. The van der Waals surface area contributed by atoms with E-state index in [-0.39, 0.29) is 18.7 Å². The molecule has 1 aliphatic rings. The van der Waals surface area contributed by atoms with Gasteiger partial charge in [0.15, 0.2) is 18.7 Å². The molecule has 5 rings (SSSR count). The number of amides is 1. The molecule has 1 aliphatic heterocycles. The minimum absolute atomic E-state index is 0.0804.